The monoisotopic (exact) mass is 626 g/mol. The minimum atomic E-state index is -2.06. The number of nitrogens with one attached hydrogen (secondary N) is 3. The van der Waals surface area contributed by atoms with Crippen molar-refractivity contribution in [2.45, 2.75) is 32.9 Å². The van der Waals surface area contributed by atoms with Crippen LogP contribution in [0.15, 0.2) is 72.8 Å². The van der Waals surface area contributed by atoms with Crippen molar-refractivity contribution >= 4 is 40.7 Å². The molecule has 0 bridgehead atoms. The predicted octanol–water partition coefficient (Wildman–Crippen LogP) is 4.58. The number of benzene rings is 3. The largest absolute Gasteiger partial charge is 0.456 e. The van der Waals surface area contributed by atoms with E-state index in [0.29, 0.717) is 12.2 Å². The van der Waals surface area contributed by atoms with Gasteiger partial charge in [-0.25, -0.2) is 4.79 Å². The van der Waals surface area contributed by atoms with Crippen LogP contribution in [0.2, 0.25) is 5.02 Å². The van der Waals surface area contributed by atoms with Gasteiger partial charge >= 0.3 is 6.09 Å². The Kier molecular flexibility index (Phi) is 13.0. The van der Waals surface area contributed by atoms with Crippen molar-refractivity contribution in [1.29, 1.82) is 5.26 Å². The number of ketones is 1. The van der Waals surface area contributed by atoms with Gasteiger partial charge < -0.3 is 24.3 Å². The first-order chi connectivity index (χ1) is 20.6. The summed E-state index contributed by atoms with van der Waals surface area (Å²) in [7, 11) is 0. The number of nitriles is 1. The van der Waals surface area contributed by atoms with Crippen LogP contribution >= 0.6 is 11.6 Å². The molecule has 0 fully saturated rings. The van der Waals surface area contributed by atoms with Gasteiger partial charge in [0.25, 0.3) is 11.3 Å². The summed E-state index contributed by atoms with van der Waals surface area (Å²) in [6, 6.07) is 21.1. The maximum absolute atomic E-state index is 12.7. The lowest BCUT2D eigenvalue weighted by Crippen LogP contribution is -2.49. The Morgan fingerprint density at radius 2 is 1.65 bits per heavy atom. The van der Waals surface area contributed by atoms with Crippen LogP contribution in [0.4, 0.5) is 4.79 Å². The molecule has 2 amide bonds. The lowest BCUT2D eigenvalue weighted by atomic mass is 10.0. The van der Waals surface area contributed by atoms with Crippen molar-refractivity contribution in [3.63, 3.8) is 0 Å². The predicted molar refractivity (Wildman–Crippen MR) is 160 cm³/mol. The maximum atomic E-state index is 12.7. The van der Waals surface area contributed by atoms with E-state index in [0.717, 1.165) is 5.56 Å². The molecule has 0 heterocycles. The number of hydrogen-bond donors (Lipinski definition) is 3. The van der Waals surface area contributed by atoms with Gasteiger partial charge in [-0.15, -0.1) is 0 Å². The summed E-state index contributed by atoms with van der Waals surface area (Å²) < 4.78 is 30.9. The third-order valence-electron chi connectivity index (χ3n) is 5.69. The second-order valence-corrected chi connectivity index (χ2v) is 10.9. The van der Waals surface area contributed by atoms with Crippen LogP contribution < -0.4 is 24.3 Å². The average molecular weight is 627 g/mol. The van der Waals surface area contributed by atoms with E-state index < -0.39 is 35.1 Å². The van der Waals surface area contributed by atoms with Gasteiger partial charge in [-0.3, -0.25) is 9.59 Å². The number of amides is 2. The zero-order valence-corrected chi connectivity index (χ0v) is 25.1. The number of ether oxygens (including phenoxy) is 2. The van der Waals surface area contributed by atoms with E-state index >= 15 is 0 Å². The molecule has 13 heteroatoms. The van der Waals surface area contributed by atoms with Crippen LogP contribution in [-0.2, 0) is 32.2 Å². The summed E-state index contributed by atoms with van der Waals surface area (Å²) in [6.07, 6.45) is -0.417. The second-order valence-electron chi connectivity index (χ2n) is 9.58. The zero-order chi connectivity index (χ0) is 31.2. The van der Waals surface area contributed by atoms with E-state index in [4.69, 9.17) is 25.3 Å². The van der Waals surface area contributed by atoms with Crippen molar-refractivity contribution in [2.24, 2.45) is 5.92 Å². The normalized spacial score (nSPS) is 12.0. The quantitative estimate of drug-likeness (QED) is 0.221. The molecule has 0 saturated carbocycles. The summed E-state index contributed by atoms with van der Waals surface area (Å²) in [5, 5.41) is 14.6. The molecule has 0 spiro atoms. The molecule has 0 aliphatic heterocycles. The topological polar surface area (TPSA) is 156 Å². The number of rotatable bonds is 15. The van der Waals surface area contributed by atoms with Crippen molar-refractivity contribution in [3.8, 4) is 23.3 Å². The van der Waals surface area contributed by atoms with Crippen LogP contribution in [0.3, 0.4) is 0 Å². The summed E-state index contributed by atoms with van der Waals surface area (Å²) in [5.41, 5.74) is 1.00. The molecule has 0 aromatic heterocycles. The van der Waals surface area contributed by atoms with E-state index in [-0.39, 0.29) is 47.7 Å². The highest BCUT2D eigenvalue weighted by Gasteiger charge is 2.23. The number of hydrogen-bond acceptors (Lipinski definition) is 8. The van der Waals surface area contributed by atoms with E-state index in [1.807, 2.05) is 50.2 Å². The van der Waals surface area contributed by atoms with Crippen LogP contribution in [-0.4, -0.2) is 41.1 Å². The Bertz CT molecular complexity index is 1460. The van der Waals surface area contributed by atoms with Gasteiger partial charge in [-0.05, 0) is 54.3 Å². The molecule has 3 aromatic rings. The number of halogens is 1. The number of nitrogens with zero attached hydrogens (tertiary/aromatic N) is 1. The molecular formula is C30H31ClN4O7S. The SMILES string of the molecule is CC(C)C[C@H](NC(=O)OCc1ccccc1)C(=O)NCC(=O)CNS(=O)Oc1ccc(Oc2cccc(Cl)c2C#N)cc1. The van der Waals surface area contributed by atoms with Gasteiger partial charge in [0.05, 0.1) is 18.1 Å². The van der Waals surface area contributed by atoms with E-state index in [9.17, 15) is 23.9 Å². The molecule has 3 N–H and O–H groups in total. The number of carbonyl (C=O) groups excluding carboxylic acids is 3. The number of Topliss-reactive ketones (excluding diaryl/α,β-unsaturated/α-hetero) is 1. The molecule has 3 aromatic carbocycles. The summed E-state index contributed by atoms with van der Waals surface area (Å²) in [4.78, 5) is 37.2. The molecular weight excluding hydrogens is 596 g/mol. The Balaban J connectivity index is 1.41. The Morgan fingerprint density at radius 3 is 2.33 bits per heavy atom. The summed E-state index contributed by atoms with van der Waals surface area (Å²) in [6.45, 7) is 3.15. The molecule has 0 saturated heterocycles. The fourth-order valence-corrected chi connectivity index (χ4v) is 4.46. The lowest BCUT2D eigenvalue weighted by molar-refractivity contribution is -0.126. The van der Waals surface area contributed by atoms with Crippen LogP contribution in [0.25, 0.3) is 0 Å². The molecule has 11 nitrogen and oxygen atoms in total. The van der Waals surface area contributed by atoms with Crippen molar-refractivity contribution in [1.82, 2.24) is 15.4 Å². The van der Waals surface area contributed by atoms with Crippen molar-refractivity contribution in [3.05, 3.63) is 88.9 Å². The average Bonchev–Trinajstić information content (AvgIpc) is 2.99. The Morgan fingerprint density at radius 1 is 0.953 bits per heavy atom. The molecule has 1 unspecified atom stereocenters. The van der Waals surface area contributed by atoms with Gasteiger partial charge in [-0.2, -0.15) is 14.2 Å². The lowest BCUT2D eigenvalue weighted by Gasteiger charge is -2.20. The fraction of sp³-hybridized carbons (Fsp3) is 0.267. The first-order valence-corrected chi connectivity index (χ1v) is 14.7. The third kappa shape index (κ3) is 11.4. The smallest absolute Gasteiger partial charge is 0.408 e. The summed E-state index contributed by atoms with van der Waals surface area (Å²) >= 11 is 3.96. The highest BCUT2D eigenvalue weighted by atomic mass is 35.5. The number of carbonyl (C=O) groups is 3. The minimum absolute atomic E-state index is 0.0518. The van der Waals surface area contributed by atoms with Gasteiger partial charge in [-0.1, -0.05) is 61.8 Å². The van der Waals surface area contributed by atoms with Gasteiger partial charge in [0.1, 0.15) is 41.5 Å². The zero-order valence-electron chi connectivity index (χ0n) is 23.5. The van der Waals surface area contributed by atoms with Crippen molar-refractivity contribution in [2.75, 3.05) is 13.1 Å². The molecule has 0 aliphatic carbocycles. The minimum Gasteiger partial charge on any atom is -0.456 e. The number of alkyl carbamates (subject to hydrolysis) is 1. The molecule has 0 radical (unpaired) electrons. The van der Waals surface area contributed by atoms with Crippen molar-refractivity contribution < 1.29 is 32.2 Å². The van der Waals surface area contributed by atoms with Crippen LogP contribution in [0.5, 0.6) is 17.2 Å². The van der Waals surface area contributed by atoms with Gasteiger partial charge in [0.15, 0.2) is 5.78 Å². The molecule has 226 valence electrons. The first kappa shape index (κ1) is 33.1. The van der Waals surface area contributed by atoms with E-state index in [1.165, 1.54) is 12.1 Å². The van der Waals surface area contributed by atoms with E-state index in [1.54, 1.807) is 30.3 Å². The molecule has 2 atom stereocenters. The van der Waals surface area contributed by atoms with Crippen LogP contribution in [0.1, 0.15) is 31.4 Å². The standard InChI is InChI=1S/C30H31ClN4O7S/c1-20(2)15-27(35-30(38)40-19-21-7-4-3-5-8-21)29(37)33-17-22(36)18-34-43(39)42-24-13-11-23(12-14-24)41-28-10-6-9-26(31)25(28)16-32/h3-14,20,27,34H,15,17-19H2,1-2H3,(H,33,37)(H,35,38)/t27-,43?/m0/s1. The second kappa shape index (κ2) is 16.9. The first-order valence-electron chi connectivity index (χ1n) is 13.2. The summed E-state index contributed by atoms with van der Waals surface area (Å²) in [5.74, 6) is -0.0157. The Labute approximate surface area is 257 Å². The highest BCUT2D eigenvalue weighted by Crippen LogP contribution is 2.30. The van der Waals surface area contributed by atoms with Crippen LogP contribution in [0, 0.1) is 17.2 Å². The third-order valence-corrected chi connectivity index (χ3v) is 6.72. The molecule has 0 aliphatic rings. The van der Waals surface area contributed by atoms with Gasteiger partial charge in [0, 0.05) is 0 Å². The molecule has 3 rings (SSSR count). The maximum Gasteiger partial charge on any atom is 0.408 e. The fourth-order valence-electron chi connectivity index (χ4n) is 3.63. The van der Waals surface area contributed by atoms with E-state index in [2.05, 4.69) is 15.4 Å². The highest BCUT2D eigenvalue weighted by molar-refractivity contribution is 7.78. The Hall–Kier alpha value is -4.44. The van der Waals surface area contributed by atoms with Gasteiger partial charge in [0.2, 0.25) is 5.91 Å². The molecule has 43 heavy (non-hydrogen) atoms.